The Morgan fingerprint density at radius 3 is 2.86 bits per heavy atom. The number of ether oxygens (including phenoxy) is 1. The largest absolute Gasteiger partial charge is 0.494 e. The van der Waals surface area contributed by atoms with Gasteiger partial charge in [0.15, 0.2) is 11.6 Å². The molecule has 1 heterocycles. The van der Waals surface area contributed by atoms with E-state index in [1.807, 2.05) is 0 Å². The number of carbonyl (C=O) groups is 1. The number of rotatable bonds is 6. The summed E-state index contributed by atoms with van der Waals surface area (Å²) < 4.78 is 18.3. The molecule has 0 atom stereocenters. The molecule has 0 aliphatic rings. The van der Waals surface area contributed by atoms with Gasteiger partial charge in [-0.05, 0) is 18.2 Å². The average Bonchev–Trinajstić information content (AvgIpc) is 2.52. The first-order chi connectivity index (χ1) is 10.2. The van der Waals surface area contributed by atoms with Crippen LogP contribution in [0, 0.1) is 5.82 Å². The molecule has 0 radical (unpaired) electrons. The van der Waals surface area contributed by atoms with Crippen molar-refractivity contribution in [2.45, 2.75) is 0 Å². The molecule has 0 fully saturated rings. The molecule has 1 aromatic heterocycles. The minimum atomic E-state index is -0.567. The van der Waals surface area contributed by atoms with Gasteiger partial charge in [0.2, 0.25) is 0 Å². The first kappa shape index (κ1) is 14.7. The Balaban J connectivity index is 1.80. The van der Waals surface area contributed by atoms with E-state index in [4.69, 9.17) is 4.74 Å². The zero-order chi connectivity index (χ0) is 15.1. The van der Waals surface area contributed by atoms with Crippen LogP contribution in [0.1, 0.15) is 10.4 Å². The van der Waals surface area contributed by atoms with Crippen LogP contribution in [0.4, 0.5) is 10.2 Å². The second-order valence-electron chi connectivity index (χ2n) is 4.12. The van der Waals surface area contributed by atoms with Crippen LogP contribution in [0.5, 0.6) is 5.75 Å². The lowest BCUT2D eigenvalue weighted by molar-refractivity contribution is 0.0954. The molecule has 0 spiro atoms. The Hall–Kier alpha value is -2.70. The van der Waals surface area contributed by atoms with Crippen LogP contribution in [0.15, 0.2) is 36.8 Å². The van der Waals surface area contributed by atoms with Gasteiger partial charge in [0.1, 0.15) is 5.82 Å². The summed E-state index contributed by atoms with van der Waals surface area (Å²) >= 11 is 0. The fraction of sp³-hybridized carbons (Fsp3) is 0.214. The number of methoxy groups -OCH3 is 1. The molecule has 6 nitrogen and oxygen atoms in total. The van der Waals surface area contributed by atoms with E-state index in [2.05, 4.69) is 20.6 Å². The Bertz CT molecular complexity index is 607. The molecular weight excluding hydrogens is 275 g/mol. The van der Waals surface area contributed by atoms with E-state index in [0.717, 1.165) is 6.07 Å². The maximum atomic E-state index is 13.5. The van der Waals surface area contributed by atoms with E-state index in [1.165, 1.54) is 19.2 Å². The summed E-state index contributed by atoms with van der Waals surface area (Å²) in [4.78, 5) is 19.8. The fourth-order valence-electron chi connectivity index (χ4n) is 1.67. The van der Waals surface area contributed by atoms with Crippen molar-refractivity contribution >= 4 is 11.7 Å². The van der Waals surface area contributed by atoms with Crippen molar-refractivity contribution in [3.05, 3.63) is 48.2 Å². The number of amides is 1. The summed E-state index contributed by atoms with van der Waals surface area (Å²) in [6.45, 7) is 0.867. The van der Waals surface area contributed by atoms with E-state index in [0.29, 0.717) is 18.9 Å². The van der Waals surface area contributed by atoms with Gasteiger partial charge in [-0.1, -0.05) is 0 Å². The number of carbonyl (C=O) groups excluding carboxylic acids is 1. The number of aromatic nitrogens is 2. The summed E-state index contributed by atoms with van der Waals surface area (Å²) in [6, 6.07) is 4.07. The quantitative estimate of drug-likeness (QED) is 0.788. The molecule has 0 saturated heterocycles. The highest BCUT2D eigenvalue weighted by Gasteiger charge is 2.09. The van der Waals surface area contributed by atoms with E-state index in [9.17, 15) is 9.18 Å². The molecule has 2 aromatic rings. The number of hydrogen-bond acceptors (Lipinski definition) is 5. The lowest BCUT2D eigenvalue weighted by Crippen LogP contribution is -2.29. The number of nitrogens with zero attached hydrogens (tertiary/aromatic N) is 2. The highest BCUT2D eigenvalue weighted by Crippen LogP contribution is 2.17. The van der Waals surface area contributed by atoms with Crippen molar-refractivity contribution < 1.29 is 13.9 Å². The van der Waals surface area contributed by atoms with Gasteiger partial charge in [-0.2, -0.15) is 0 Å². The number of benzene rings is 1. The number of anilines is 1. The standard InChI is InChI=1S/C14H15FN4O2/c1-21-12-3-2-10(8-11(12)15)14(20)19-7-6-18-13-9-16-4-5-17-13/h2-5,8-9H,6-7H2,1H3,(H,17,18)(H,19,20). The van der Waals surface area contributed by atoms with Gasteiger partial charge >= 0.3 is 0 Å². The molecule has 7 heteroatoms. The number of halogens is 1. The van der Waals surface area contributed by atoms with E-state index < -0.39 is 5.82 Å². The predicted octanol–water partition coefficient (Wildman–Crippen LogP) is 1.47. The fourth-order valence-corrected chi connectivity index (χ4v) is 1.67. The number of hydrogen-bond donors (Lipinski definition) is 2. The van der Waals surface area contributed by atoms with Crippen LogP contribution < -0.4 is 15.4 Å². The SMILES string of the molecule is COc1ccc(C(=O)NCCNc2cnccn2)cc1F. The maximum Gasteiger partial charge on any atom is 0.251 e. The summed E-state index contributed by atoms with van der Waals surface area (Å²) in [5.74, 6) is -0.182. The molecule has 110 valence electrons. The zero-order valence-electron chi connectivity index (χ0n) is 11.5. The van der Waals surface area contributed by atoms with Gasteiger partial charge in [0.05, 0.1) is 13.3 Å². The zero-order valence-corrected chi connectivity index (χ0v) is 11.5. The van der Waals surface area contributed by atoms with E-state index >= 15 is 0 Å². The lowest BCUT2D eigenvalue weighted by Gasteiger charge is -2.08. The van der Waals surface area contributed by atoms with Crippen molar-refractivity contribution in [3.8, 4) is 5.75 Å². The van der Waals surface area contributed by atoms with Crippen LogP contribution in [0.3, 0.4) is 0 Å². The van der Waals surface area contributed by atoms with Crippen LogP contribution in [0.25, 0.3) is 0 Å². The van der Waals surface area contributed by atoms with Gasteiger partial charge < -0.3 is 15.4 Å². The molecule has 2 rings (SSSR count). The number of nitrogens with one attached hydrogen (secondary N) is 2. The smallest absolute Gasteiger partial charge is 0.251 e. The van der Waals surface area contributed by atoms with Crippen molar-refractivity contribution in [1.82, 2.24) is 15.3 Å². The Morgan fingerprint density at radius 1 is 1.33 bits per heavy atom. The van der Waals surface area contributed by atoms with E-state index in [-0.39, 0.29) is 17.2 Å². The summed E-state index contributed by atoms with van der Waals surface area (Å²) in [7, 11) is 1.37. The highest BCUT2D eigenvalue weighted by molar-refractivity contribution is 5.94. The third-order valence-corrected chi connectivity index (χ3v) is 2.69. The molecule has 0 saturated carbocycles. The predicted molar refractivity (Wildman–Crippen MR) is 75.8 cm³/mol. The summed E-state index contributed by atoms with van der Waals surface area (Å²) in [5, 5.41) is 5.68. The summed E-state index contributed by atoms with van der Waals surface area (Å²) in [5.41, 5.74) is 0.243. The molecule has 0 bridgehead atoms. The first-order valence-corrected chi connectivity index (χ1v) is 6.32. The minimum absolute atomic E-state index is 0.107. The van der Waals surface area contributed by atoms with Crippen molar-refractivity contribution in [1.29, 1.82) is 0 Å². The Labute approximate surface area is 121 Å². The maximum absolute atomic E-state index is 13.5. The van der Waals surface area contributed by atoms with Crippen molar-refractivity contribution in [2.24, 2.45) is 0 Å². The van der Waals surface area contributed by atoms with Crippen LogP contribution in [-0.4, -0.2) is 36.1 Å². The van der Waals surface area contributed by atoms with Crippen LogP contribution in [0.2, 0.25) is 0 Å². The van der Waals surface area contributed by atoms with Gasteiger partial charge in [0, 0.05) is 31.0 Å². The topological polar surface area (TPSA) is 76.1 Å². The molecule has 1 aromatic carbocycles. The summed E-state index contributed by atoms with van der Waals surface area (Å²) in [6.07, 6.45) is 4.73. The van der Waals surface area contributed by atoms with Gasteiger partial charge in [-0.3, -0.25) is 9.78 Å². The average molecular weight is 290 g/mol. The Morgan fingerprint density at radius 2 is 2.19 bits per heavy atom. The molecule has 2 N–H and O–H groups in total. The molecule has 21 heavy (non-hydrogen) atoms. The van der Waals surface area contributed by atoms with E-state index in [1.54, 1.807) is 18.6 Å². The van der Waals surface area contributed by atoms with Crippen molar-refractivity contribution in [3.63, 3.8) is 0 Å². The van der Waals surface area contributed by atoms with Crippen molar-refractivity contribution in [2.75, 3.05) is 25.5 Å². The van der Waals surface area contributed by atoms with Crippen LogP contribution in [-0.2, 0) is 0 Å². The molecule has 0 aliphatic carbocycles. The third kappa shape index (κ3) is 4.13. The second kappa shape index (κ2) is 7.18. The van der Waals surface area contributed by atoms with Gasteiger partial charge in [-0.25, -0.2) is 9.37 Å². The Kier molecular flexibility index (Phi) is 5.03. The third-order valence-electron chi connectivity index (χ3n) is 2.69. The second-order valence-corrected chi connectivity index (χ2v) is 4.12. The molecule has 0 aliphatic heterocycles. The molecule has 0 unspecified atom stereocenters. The van der Waals surface area contributed by atoms with Gasteiger partial charge in [0.25, 0.3) is 5.91 Å². The highest BCUT2D eigenvalue weighted by atomic mass is 19.1. The van der Waals surface area contributed by atoms with Gasteiger partial charge in [-0.15, -0.1) is 0 Å². The lowest BCUT2D eigenvalue weighted by atomic mass is 10.2. The normalized spacial score (nSPS) is 10.0. The molecular formula is C14H15FN4O2. The van der Waals surface area contributed by atoms with Crippen LogP contribution >= 0.6 is 0 Å². The first-order valence-electron chi connectivity index (χ1n) is 6.32. The minimum Gasteiger partial charge on any atom is -0.494 e. The molecule has 1 amide bonds. The monoisotopic (exact) mass is 290 g/mol.